The molecule has 2 unspecified atom stereocenters. The van der Waals surface area contributed by atoms with E-state index < -0.39 is 27.7 Å². The number of anilines is 1. The Morgan fingerprint density at radius 1 is 1.09 bits per heavy atom. The maximum Gasteiger partial charge on any atom is 0.245 e. The number of Topliss-reactive ketones (excluding diaryl/α,β-unsaturated/α-hetero) is 1. The lowest BCUT2D eigenvalue weighted by Gasteiger charge is -2.45. The minimum absolute atomic E-state index is 0.0271. The van der Waals surface area contributed by atoms with Crippen molar-refractivity contribution in [3.8, 4) is 0 Å². The van der Waals surface area contributed by atoms with E-state index in [9.17, 15) is 17.6 Å². The van der Waals surface area contributed by atoms with E-state index in [1.54, 1.807) is 17.0 Å². The fraction of sp³-hybridized carbons (Fsp3) is 0.455. The van der Waals surface area contributed by atoms with Crippen LogP contribution in [0.15, 0.2) is 41.3 Å². The van der Waals surface area contributed by atoms with Crippen LogP contribution >= 0.6 is 0 Å². The minimum atomic E-state index is -4.07. The molecule has 3 heterocycles. The molecule has 1 aromatic carbocycles. The number of aromatic nitrogens is 1. The van der Waals surface area contributed by atoms with Crippen molar-refractivity contribution in [3.05, 3.63) is 53.5 Å². The monoisotopic (exact) mass is 463 g/mol. The second kappa shape index (κ2) is 7.86. The van der Waals surface area contributed by atoms with Crippen molar-refractivity contribution < 1.29 is 26.7 Å². The van der Waals surface area contributed by atoms with Gasteiger partial charge in [0.25, 0.3) is 0 Å². The first-order valence-corrected chi connectivity index (χ1v) is 12.1. The number of hydrogen-bond donors (Lipinski definition) is 0. The molecule has 2 atom stereocenters. The van der Waals surface area contributed by atoms with Crippen LogP contribution < -0.4 is 4.90 Å². The highest BCUT2D eigenvalue weighted by molar-refractivity contribution is 7.89. The number of fused-ring (bicyclic) bond motifs is 1. The van der Waals surface area contributed by atoms with Gasteiger partial charge in [-0.1, -0.05) is 0 Å². The average Bonchev–Trinajstić information content (AvgIpc) is 3.22. The van der Waals surface area contributed by atoms with Crippen LogP contribution in [-0.4, -0.2) is 61.6 Å². The summed E-state index contributed by atoms with van der Waals surface area (Å²) in [7, 11) is -4.07. The summed E-state index contributed by atoms with van der Waals surface area (Å²) in [5.41, 5.74) is -0.249. The summed E-state index contributed by atoms with van der Waals surface area (Å²) in [4.78, 5) is 18.3. The Kier molecular flexibility index (Phi) is 5.26. The zero-order valence-corrected chi connectivity index (χ0v) is 18.2. The third-order valence-electron chi connectivity index (χ3n) is 6.48. The lowest BCUT2D eigenvalue weighted by atomic mass is 9.94. The Bertz CT molecular complexity index is 1160. The summed E-state index contributed by atoms with van der Waals surface area (Å²) in [5.74, 6) is 0.0985. The summed E-state index contributed by atoms with van der Waals surface area (Å²) in [5, 5.41) is 0. The number of piperidine rings is 1. The van der Waals surface area contributed by atoms with E-state index in [0.717, 1.165) is 28.6 Å². The quantitative estimate of drug-likeness (QED) is 0.697. The standard InChI is InChI=1S/C22H23F2N3O4S/c23-15-4-6-16(7-5-15)32(29,30)27-12-13-31-22(27)10-11-26(14-20(22)24)21-9-8-17-18(25-21)2-1-3-19(17)28/h4-9,20H,1-3,10-14H2. The molecule has 2 aromatic rings. The van der Waals surface area contributed by atoms with E-state index in [2.05, 4.69) is 4.98 Å². The summed E-state index contributed by atoms with van der Waals surface area (Å²) >= 11 is 0. The number of aryl methyl sites for hydroxylation is 1. The number of ether oxygens (including phenoxy) is 1. The van der Waals surface area contributed by atoms with Crippen LogP contribution in [0.1, 0.15) is 35.3 Å². The highest BCUT2D eigenvalue weighted by atomic mass is 32.2. The minimum Gasteiger partial charge on any atom is -0.355 e. The van der Waals surface area contributed by atoms with Gasteiger partial charge in [-0.15, -0.1) is 0 Å². The Morgan fingerprint density at radius 3 is 2.62 bits per heavy atom. The van der Waals surface area contributed by atoms with Gasteiger partial charge in [0.2, 0.25) is 10.0 Å². The fourth-order valence-electron chi connectivity index (χ4n) is 4.82. The van der Waals surface area contributed by atoms with Crippen LogP contribution in [0.25, 0.3) is 0 Å². The highest BCUT2D eigenvalue weighted by Crippen LogP contribution is 2.40. The van der Waals surface area contributed by atoms with Gasteiger partial charge in [-0.3, -0.25) is 4.79 Å². The molecule has 170 valence electrons. The molecule has 2 aliphatic heterocycles. The zero-order chi connectivity index (χ0) is 22.5. The van der Waals surface area contributed by atoms with Crippen LogP contribution in [0.3, 0.4) is 0 Å². The molecule has 2 fully saturated rings. The largest absolute Gasteiger partial charge is 0.355 e. The van der Waals surface area contributed by atoms with Crippen LogP contribution in [0.5, 0.6) is 0 Å². The van der Waals surface area contributed by atoms with E-state index in [1.807, 2.05) is 0 Å². The Hall–Kier alpha value is -2.43. The molecule has 0 bridgehead atoms. The zero-order valence-electron chi connectivity index (χ0n) is 17.3. The molecule has 1 aliphatic carbocycles. The number of ketones is 1. The SMILES string of the molecule is O=C1CCCc2nc(N3CCC4(OCCN4S(=O)(=O)c4ccc(F)cc4)C(F)C3)ccc21. The first-order valence-electron chi connectivity index (χ1n) is 10.7. The van der Waals surface area contributed by atoms with Gasteiger partial charge in [0.15, 0.2) is 17.7 Å². The van der Waals surface area contributed by atoms with Gasteiger partial charge >= 0.3 is 0 Å². The first-order chi connectivity index (χ1) is 15.3. The number of rotatable bonds is 3. The molecule has 32 heavy (non-hydrogen) atoms. The van der Waals surface area contributed by atoms with Gasteiger partial charge in [0.05, 0.1) is 23.7 Å². The van der Waals surface area contributed by atoms with Gasteiger partial charge in [-0.05, 0) is 49.2 Å². The smallest absolute Gasteiger partial charge is 0.245 e. The molecule has 7 nitrogen and oxygen atoms in total. The molecule has 0 N–H and O–H groups in total. The number of carbonyl (C=O) groups is 1. The van der Waals surface area contributed by atoms with Gasteiger partial charge in [-0.2, -0.15) is 4.31 Å². The van der Waals surface area contributed by atoms with Crippen molar-refractivity contribution in [1.29, 1.82) is 0 Å². The molecule has 5 rings (SSSR count). The van der Waals surface area contributed by atoms with Gasteiger partial charge in [-0.25, -0.2) is 22.2 Å². The number of sulfonamides is 1. The molecule has 1 spiro atoms. The van der Waals surface area contributed by atoms with Crippen molar-refractivity contribution in [3.63, 3.8) is 0 Å². The van der Waals surface area contributed by atoms with Crippen LogP contribution in [0.4, 0.5) is 14.6 Å². The predicted molar refractivity (Wildman–Crippen MR) is 112 cm³/mol. The number of pyridine rings is 1. The first kappa shape index (κ1) is 21.4. The molecule has 0 amide bonds. The van der Waals surface area contributed by atoms with Crippen molar-refractivity contribution in [2.24, 2.45) is 0 Å². The topological polar surface area (TPSA) is 79.8 Å². The highest BCUT2D eigenvalue weighted by Gasteiger charge is 2.57. The number of halogens is 2. The maximum atomic E-state index is 15.6. The molecule has 2 saturated heterocycles. The second-order valence-corrected chi connectivity index (χ2v) is 10.2. The van der Waals surface area contributed by atoms with Crippen molar-refractivity contribution >= 4 is 21.6 Å². The van der Waals surface area contributed by atoms with E-state index in [4.69, 9.17) is 4.74 Å². The third-order valence-corrected chi connectivity index (χ3v) is 8.42. The summed E-state index contributed by atoms with van der Waals surface area (Å²) < 4.78 is 62.1. The van der Waals surface area contributed by atoms with Crippen molar-refractivity contribution in [2.45, 2.75) is 42.5 Å². The molecule has 0 saturated carbocycles. The Morgan fingerprint density at radius 2 is 1.88 bits per heavy atom. The second-order valence-electron chi connectivity index (χ2n) is 8.33. The number of nitrogens with zero attached hydrogens (tertiary/aromatic N) is 3. The average molecular weight is 464 g/mol. The molecule has 10 heteroatoms. The van der Waals surface area contributed by atoms with Gasteiger partial charge < -0.3 is 9.64 Å². The Labute approximate surface area is 185 Å². The molecule has 1 aromatic heterocycles. The normalized spacial score (nSPS) is 26.5. The van der Waals surface area contributed by atoms with E-state index >= 15 is 4.39 Å². The van der Waals surface area contributed by atoms with Crippen LogP contribution in [0, 0.1) is 5.82 Å². The number of carbonyl (C=O) groups excluding carboxylic acids is 1. The van der Waals surface area contributed by atoms with E-state index in [-0.39, 0.29) is 36.8 Å². The van der Waals surface area contributed by atoms with Crippen LogP contribution in [-0.2, 0) is 21.2 Å². The van der Waals surface area contributed by atoms with E-state index in [1.165, 1.54) is 12.1 Å². The third kappa shape index (κ3) is 3.41. The van der Waals surface area contributed by atoms with Gasteiger partial charge in [0, 0.05) is 31.5 Å². The fourth-order valence-corrected chi connectivity index (χ4v) is 6.53. The number of alkyl halides is 1. The van der Waals surface area contributed by atoms with Gasteiger partial charge in [0.1, 0.15) is 11.6 Å². The number of benzene rings is 1. The Balaban J connectivity index is 1.39. The van der Waals surface area contributed by atoms with Crippen LogP contribution in [0.2, 0.25) is 0 Å². The van der Waals surface area contributed by atoms with E-state index in [0.29, 0.717) is 30.8 Å². The number of hydrogen-bond acceptors (Lipinski definition) is 6. The summed E-state index contributed by atoms with van der Waals surface area (Å²) in [6.45, 7) is 0.365. The molecular formula is C22H23F2N3O4S. The maximum absolute atomic E-state index is 15.6. The molecule has 0 radical (unpaired) electrons. The lowest BCUT2D eigenvalue weighted by Crippen LogP contribution is -2.62. The lowest BCUT2D eigenvalue weighted by molar-refractivity contribution is -0.116. The summed E-state index contributed by atoms with van der Waals surface area (Å²) in [6.07, 6.45) is 0.475. The molecule has 3 aliphatic rings. The predicted octanol–water partition coefficient (Wildman–Crippen LogP) is 2.71. The van der Waals surface area contributed by atoms with Crippen molar-refractivity contribution in [1.82, 2.24) is 9.29 Å². The van der Waals surface area contributed by atoms with Crippen molar-refractivity contribution in [2.75, 3.05) is 31.1 Å². The summed E-state index contributed by atoms with van der Waals surface area (Å²) in [6, 6.07) is 7.95. The molecular weight excluding hydrogens is 440 g/mol.